The summed E-state index contributed by atoms with van der Waals surface area (Å²) in [4.78, 5) is 11.6. The normalized spacial score (nSPS) is 10.1. The number of anilines is 1. The molecule has 0 atom stereocenters. The van der Waals surface area contributed by atoms with Crippen LogP contribution in [0, 0.1) is 0 Å². The number of amides is 2. The van der Waals surface area contributed by atoms with Gasteiger partial charge >= 0.3 is 6.03 Å². The summed E-state index contributed by atoms with van der Waals surface area (Å²) in [6, 6.07) is 6.94. The average molecular weight is 275 g/mol. The van der Waals surface area contributed by atoms with E-state index in [1.807, 2.05) is 0 Å². The standard InChI is InChI=1S/C14H17N3O3/c1-19-13-6-4-12(5-7-13)17-14(18)15-8-2-3-11-9-16-20-10-11/h4-7,9-10H,2-3,8H2,1H3,(H2,15,17,18). The van der Waals surface area contributed by atoms with E-state index in [0.29, 0.717) is 6.54 Å². The number of hydrogen-bond donors (Lipinski definition) is 2. The van der Waals surface area contributed by atoms with Crippen molar-refractivity contribution in [2.45, 2.75) is 12.8 Å². The van der Waals surface area contributed by atoms with Gasteiger partial charge in [-0.3, -0.25) is 0 Å². The van der Waals surface area contributed by atoms with Crippen molar-refractivity contribution in [3.05, 3.63) is 42.3 Å². The smallest absolute Gasteiger partial charge is 0.319 e. The second-order valence-corrected chi connectivity index (χ2v) is 4.25. The molecule has 0 saturated heterocycles. The monoisotopic (exact) mass is 275 g/mol. The van der Waals surface area contributed by atoms with Crippen molar-refractivity contribution in [2.24, 2.45) is 0 Å². The average Bonchev–Trinajstić information content (AvgIpc) is 2.98. The summed E-state index contributed by atoms with van der Waals surface area (Å²) in [6.07, 6.45) is 4.94. The maximum Gasteiger partial charge on any atom is 0.319 e. The van der Waals surface area contributed by atoms with Crippen molar-refractivity contribution in [1.82, 2.24) is 10.5 Å². The first kappa shape index (κ1) is 13.9. The minimum atomic E-state index is -0.222. The Kier molecular flexibility index (Phi) is 5.00. The van der Waals surface area contributed by atoms with Crippen LogP contribution in [0.1, 0.15) is 12.0 Å². The molecule has 2 amide bonds. The molecule has 1 aromatic heterocycles. The van der Waals surface area contributed by atoms with E-state index >= 15 is 0 Å². The number of nitrogens with one attached hydrogen (secondary N) is 2. The number of hydrogen-bond acceptors (Lipinski definition) is 4. The van der Waals surface area contributed by atoms with Gasteiger partial charge in [0, 0.05) is 17.8 Å². The first-order chi connectivity index (χ1) is 9.78. The second kappa shape index (κ2) is 7.18. The van der Waals surface area contributed by atoms with E-state index in [1.54, 1.807) is 43.8 Å². The number of rotatable bonds is 6. The van der Waals surface area contributed by atoms with Crippen LogP contribution in [0.25, 0.3) is 0 Å². The lowest BCUT2D eigenvalue weighted by Gasteiger charge is -2.07. The number of benzene rings is 1. The molecule has 0 bridgehead atoms. The molecule has 20 heavy (non-hydrogen) atoms. The lowest BCUT2D eigenvalue weighted by molar-refractivity contribution is 0.252. The Hall–Kier alpha value is -2.50. The van der Waals surface area contributed by atoms with Gasteiger partial charge in [-0.15, -0.1) is 0 Å². The summed E-state index contributed by atoms with van der Waals surface area (Å²) in [5.41, 5.74) is 1.75. The topological polar surface area (TPSA) is 76.4 Å². The fourth-order valence-corrected chi connectivity index (χ4v) is 1.69. The zero-order valence-corrected chi connectivity index (χ0v) is 11.3. The van der Waals surface area contributed by atoms with Crippen molar-refractivity contribution in [3.63, 3.8) is 0 Å². The maximum absolute atomic E-state index is 11.6. The Bertz CT molecular complexity index is 523. The highest BCUT2D eigenvalue weighted by Crippen LogP contribution is 2.14. The molecule has 6 heteroatoms. The molecule has 0 aliphatic carbocycles. The van der Waals surface area contributed by atoms with E-state index in [9.17, 15) is 4.79 Å². The van der Waals surface area contributed by atoms with Gasteiger partial charge in [-0.05, 0) is 37.1 Å². The largest absolute Gasteiger partial charge is 0.497 e. The summed E-state index contributed by atoms with van der Waals surface area (Å²) in [7, 11) is 1.60. The summed E-state index contributed by atoms with van der Waals surface area (Å²) in [5.74, 6) is 0.754. The van der Waals surface area contributed by atoms with Crippen molar-refractivity contribution in [3.8, 4) is 5.75 Å². The minimum Gasteiger partial charge on any atom is -0.497 e. The molecule has 1 heterocycles. The van der Waals surface area contributed by atoms with Crippen LogP contribution < -0.4 is 15.4 Å². The number of carbonyl (C=O) groups excluding carboxylic acids is 1. The lowest BCUT2D eigenvalue weighted by atomic mass is 10.2. The summed E-state index contributed by atoms with van der Waals surface area (Å²) < 4.78 is 9.78. The fraction of sp³-hybridized carbons (Fsp3) is 0.286. The van der Waals surface area contributed by atoms with Crippen LogP contribution in [0.3, 0.4) is 0 Å². The van der Waals surface area contributed by atoms with Crippen molar-refractivity contribution in [2.75, 3.05) is 19.0 Å². The second-order valence-electron chi connectivity index (χ2n) is 4.25. The van der Waals surface area contributed by atoms with Gasteiger partial charge in [-0.1, -0.05) is 5.16 Å². The Labute approximate surface area is 117 Å². The molecule has 0 aliphatic heterocycles. The Balaban J connectivity index is 1.66. The van der Waals surface area contributed by atoms with Gasteiger partial charge in [0.15, 0.2) is 0 Å². The third-order valence-corrected chi connectivity index (χ3v) is 2.76. The zero-order valence-electron chi connectivity index (χ0n) is 11.3. The van der Waals surface area contributed by atoms with Crippen LogP contribution >= 0.6 is 0 Å². The number of aromatic nitrogens is 1. The molecule has 0 saturated carbocycles. The molecular formula is C14H17N3O3. The predicted molar refractivity (Wildman–Crippen MR) is 74.8 cm³/mol. The Morgan fingerprint density at radius 1 is 1.35 bits per heavy atom. The molecule has 6 nitrogen and oxygen atoms in total. The number of aryl methyl sites for hydroxylation is 1. The highest BCUT2D eigenvalue weighted by atomic mass is 16.5. The number of urea groups is 1. The highest BCUT2D eigenvalue weighted by Gasteiger charge is 2.02. The van der Waals surface area contributed by atoms with Crippen LogP contribution in [0.4, 0.5) is 10.5 Å². The molecule has 0 radical (unpaired) electrons. The molecule has 0 fully saturated rings. The van der Waals surface area contributed by atoms with Gasteiger partial charge in [0.1, 0.15) is 12.0 Å². The van der Waals surface area contributed by atoms with Crippen LogP contribution in [0.2, 0.25) is 0 Å². The molecule has 106 valence electrons. The van der Waals surface area contributed by atoms with Gasteiger partial charge in [0.05, 0.1) is 13.3 Å². The Morgan fingerprint density at radius 3 is 2.80 bits per heavy atom. The van der Waals surface area contributed by atoms with Crippen molar-refractivity contribution in [1.29, 1.82) is 0 Å². The van der Waals surface area contributed by atoms with Gasteiger partial charge in [0.2, 0.25) is 0 Å². The van der Waals surface area contributed by atoms with Crippen molar-refractivity contribution < 1.29 is 14.1 Å². The molecule has 1 aromatic carbocycles. The third-order valence-electron chi connectivity index (χ3n) is 2.76. The van der Waals surface area contributed by atoms with E-state index in [1.165, 1.54) is 0 Å². The number of methoxy groups -OCH3 is 1. The SMILES string of the molecule is COc1ccc(NC(=O)NCCCc2cnoc2)cc1. The number of ether oxygens (including phenoxy) is 1. The molecule has 2 rings (SSSR count). The Morgan fingerprint density at radius 2 is 2.15 bits per heavy atom. The zero-order chi connectivity index (χ0) is 14.2. The van der Waals surface area contributed by atoms with E-state index < -0.39 is 0 Å². The van der Waals surface area contributed by atoms with E-state index in [0.717, 1.165) is 29.8 Å². The van der Waals surface area contributed by atoms with E-state index in [2.05, 4.69) is 15.8 Å². The first-order valence-corrected chi connectivity index (χ1v) is 6.35. The van der Waals surface area contributed by atoms with E-state index in [4.69, 9.17) is 9.26 Å². The first-order valence-electron chi connectivity index (χ1n) is 6.35. The van der Waals surface area contributed by atoms with Gasteiger partial charge < -0.3 is 19.9 Å². The predicted octanol–water partition coefficient (Wildman–Crippen LogP) is 2.44. The summed E-state index contributed by atoms with van der Waals surface area (Å²) >= 11 is 0. The lowest BCUT2D eigenvalue weighted by Crippen LogP contribution is -2.29. The highest BCUT2D eigenvalue weighted by molar-refractivity contribution is 5.89. The van der Waals surface area contributed by atoms with Gasteiger partial charge in [-0.25, -0.2) is 4.79 Å². The maximum atomic E-state index is 11.6. The quantitative estimate of drug-likeness (QED) is 0.794. The molecular weight excluding hydrogens is 258 g/mol. The third kappa shape index (κ3) is 4.31. The fourth-order valence-electron chi connectivity index (χ4n) is 1.69. The summed E-state index contributed by atoms with van der Waals surface area (Å²) in [6.45, 7) is 0.590. The molecule has 0 aliphatic rings. The van der Waals surface area contributed by atoms with Crippen LogP contribution in [0.5, 0.6) is 5.75 Å². The molecule has 0 unspecified atom stereocenters. The van der Waals surface area contributed by atoms with Gasteiger partial charge in [0.25, 0.3) is 0 Å². The van der Waals surface area contributed by atoms with Crippen LogP contribution in [0.15, 0.2) is 41.2 Å². The van der Waals surface area contributed by atoms with Crippen LogP contribution in [-0.2, 0) is 6.42 Å². The molecule has 0 spiro atoms. The number of carbonyl (C=O) groups is 1. The molecule has 2 N–H and O–H groups in total. The van der Waals surface area contributed by atoms with Crippen molar-refractivity contribution >= 4 is 11.7 Å². The van der Waals surface area contributed by atoms with E-state index in [-0.39, 0.29) is 6.03 Å². The van der Waals surface area contributed by atoms with Gasteiger partial charge in [-0.2, -0.15) is 0 Å². The molecule has 2 aromatic rings. The number of nitrogens with zero attached hydrogens (tertiary/aromatic N) is 1. The van der Waals surface area contributed by atoms with Crippen LogP contribution in [-0.4, -0.2) is 24.8 Å². The summed E-state index contributed by atoms with van der Waals surface area (Å²) in [5, 5.41) is 9.16. The minimum absolute atomic E-state index is 0.222.